The number of rotatable bonds is 4. The fraction of sp³-hybridized carbons (Fsp3) is 0.556. The summed E-state index contributed by atoms with van der Waals surface area (Å²) in [6, 6.07) is 0. The Kier molecular flexibility index (Phi) is 4.10. The molecule has 0 aliphatic heterocycles. The van der Waals surface area contributed by atoms with E-state index in [9.17, 15) is 5.11 Å². The van der Waals surface area contributed by atoms with Crippen molar-refractivity contribution >= 4 is 17.4 Å². The quantitative estimate of drug-likeness (QED) is 0.801. The minimum Gasteiger partial charge on any atom is -0.391 e. The van der Waals surface area contributed by atoms with Crippen molar-refractivity contribution in [2.24, 2.45) is 5.92 Å². The smallest absolute Gasteiger partial charge is 0.149 e. The van der Waals surface area contributed by atoms with Crippen LogP contribution in [-0.2, 0) is 0 Å². The van der Waals surface area contributed by atoms with Crippen LogP contribution in [0.25, 0.3) is 0 Å². The summed E-state index contributed by atoms with van der Waals surface area (Å²) in [5.41, 5.74) is 0. The summed E-state index contributed by atoms with van der Waals surface area (Å²) in [5, 5.41) is 12.8. The number of nitrogens with one attached hydrogen (secondary N) is 1. The lowest BCUT2D eigenvalue weighted by Gasteiger charge is -2.15. The molecule has 1 unspecified atom stereocenters. The molecule has 1 aromatic heterocycles. The summed E-state index contributed by atoms with van der Waals surface area (Å²) < 4.78 is 0. The standard InChI is InChI=1S/C9H14ClN3O/c1-6(2)7(14)3-12-9-5-11-4-8(10)13-9/h4-7,14H,3H2,1-2H3,(H,12,13). The Morgan fingerprint density at radius 3 is 2.79 bits per heavy atom. The molecule has 1 atom stereocenters. The maximum absolute atomic E-state index is 9.51. The van der Waals surface area contributed by atoms with E-state index in [0.29, 0.717) is 17.5 Å². The van der Waals surface area contributed by atoms with Crippen molar-refractivity contribution in [3.63, 3.8) is 0 Å². The zero-order valence-corrected chi connectivity index (χ0v) is 8.99. The first kappa shape index (κ1) is 11.2. The van der Waals surface area contributed by atoms with E-state index in [-0.39, 0.29) is 5.92 Å². The van der Waals surface area contributed by atoms with E-state index in [1.54, 1.807) is 6.20 Å². The fourth-order valence-corrected chi connectivity index (χ4v) is 1.02. The first-order valence-corrected chi connectivity index (χ1v) is 4.87. The highest BCUT2D eigenvalue weighted by molar-refractivity contribution is 6.29. The van der Waals surface area contributed by atoms with E-state index in [0.717, 1.165) is 0 Å². The van der Waals surface area contributed by atoms with Gasteiger partial charge in [0.25, 0.3) is 0 Å². The minimum absolute atomic E-state index is 0.217. The highest BCUT2D eigenvalue weighted by atomic mass is 35.5. The molecule has 1 heterocycles. The van der Waals surface area contributed by atoms with Gasteiger partial charge < -0.3 is 10.4 Å². The average Bonchev–Trinajstić information content (AvgIpc) is 2.14. The van der Waals surface area contributed by atoms with Gasteiger partial charge in [0.05, 0.1) is 18.5 Å². The number of aliphatic hydroxyl groups is 1. The SMILES string of the molecule is CC(C)C(O)CNc1cncc(Cl)n1. The van der Waals surface area contributed by atoms with Crippen molar-refractivity contribution in [1.29, 1.82) is 0 Å². The summed E-state index contributed by atoms with van der Waals surface area (Å²) in [6.07, 6.45) is 2.64. The van der Waals surface area contributed by atoms with Crippen LogP contribution in [0.1, 0.15) is 13.8 Å². The number of halogens is 1. The van der Waals surface area contributed by atoms with Crippen molar-refractivity contribution in [1.82, 2.24) is 9.97 Å². The van der Waals surface area contributed by atoms with Gasteiger partial charge in [0.2, 0.25) is 0 Å². The van der Waals surface area contributed by atoms with E-state index < -0.39 is 6.10 Å². The van der Waals surface area contributed by atoms with Gasteiger partial charge in [-0.1, -0.05) is 25.4 Å². The van der Waals surface area contributed by atoms with Crippen LogP contribution >= 0.6 is 11.6 Å². The molecule has 1 aromatic rings. The Morgan fingerprint density at radius 1 is 1.50 bits per heavy atom. The number of hydrogen-bond donors (Lipinski definition) is 2. The molecule has 14 heavy (non-hydrogen) atoms. The number of anilines is 1. The molecule has 0 radical (unpaired) electrons. The zero-order chi connectivity index (χ0) is 10.6. The van der Waals surface area contributed by atoms with E-state index >= 15 is 0 Å². The molecular formula is C9H14ClN3O. The lowest BCUT2D eigenvalue weighted by atomic mass is 10.1. The topological polar surface area (TPSA) is 58.0 Å². The molecule has 0 aliphatic carbocycles. The van der Waals surface area contributed by atoms with Crippen molar-refractivity contribution in [3.05, 3.63) is 17.5 Å². The van der Waals surface area contributed by atoms with Crippen molar-refractivity contribution in [3.8, 4) is 0 Å². The Hall–Kier alpha value is -0.870. The number of nitrogens with zero attached hydrogens (tertiary/aromatic N) is 2. The summed E-state index contributed by atoms with van der Waals surface area (Å²) in [7, 11) is 0. The van der Waals surface area contributed by atoms with Crippen LogP contribution in [0.15, 0.2) is 12.4 Å². The monoisotopic (exact) mass is 215 g/mol. The fourth-order valence-electron chi connectivity index (χ4n) is 0.872. The van der Waals surface area contributed by atoms with Crippen LogP contribution in [0.2, 0.25) is 5.15 Å². The highest BCUT2D eigenvalue weighted by Gasteiger charge is 2.08. The first-order valence-electron chi connectivity index (χ1n) is 4.49. The third-order valence-electron chi connectivity index (χ3n) is 1.87. The predicted octanol–water partition coefficient (Wildman–Crippen LogP) is 1.56. The summed E-state index contributed by atoms with van der Waals surface area (Å²) in [4.78, 5) is 7.85. The Labute approximate surface area is 88.3 Å². The van der Waals surface area contributed by atoms with E-state index in [1.165, 1.54) is 6.20 Å². The van der Waals surface area contributed by atoms with Crippen LogP contribution in [-0.4, -0.2) is 27.7 Å². The Balaban J connectivity index is 2.45. The average molecular weight is 216 g/mol. The maximum Gasteiger partial charge on any atom is 0.149 e. The van der Waals surface area contributed by atoms with Crippen molar-refractivity contribution < 1.29 is 5.11 Å². The molecule has 78 valence electrons. The van der Waals surface area contributed by atoms with Crippen molar-refractivity contribution in [2.45, 2.75) is 20.0 Å². The molecule has 0 saturated heterocycles. The second kappa shape index (κ2) is 5.12. The molecule has 4 nitrogen and oxygen atoms in total. The molecule has 0 aromatic carbocycles. The molecule has 1 rings (SSSR count). The molecular weight excluding hydrogens is 202 g/mol. The minimum atomic E-state index is -0.393. The van der Waals surface area contributed by atoms with Gasteiger partial charge in [-0.3, -0.25) is 4.98 Å². The highest BCUT2D eigenvalue weighted by Crippen LogP contribution is 2.08. The number of aliphatic hydroxyl groups excluding tert-OH is 1. The normalized spacial score (nSPS) is 12.9. The maximum atomic E-state index is 9.51. The van der Waals surface area contributed by atoms with Crippen LogP contribution in [0, 0.1) is 5.92 Å². The molecule has 0 saturated carbocycles. The summed E-state index contributed by atoms with van der Waals surface area (Å²) in [6.45, 7) is 4.36. The first-order chi connectivity index (χ1) is 6.59. The van der Waals surface area contributed by atoms with Crippen molar-refractivity contribution in [2.75, 3.05) is 11.9 Å². The molecule has 5 heteroatoms. The largest absolute Gasteiger partial charge is 0.391 e. The second-order valence-corrected chi connectivity index (χ2v) is 3.81. The Bertz CT molecular complexity index is 293. The molecule has 0 spiro atoms. The summed E-state index contributed by atoms with van der Waals surface area (Å²) in [5.74, 6) is 0.798. The molecule has 2 N–H and O–H groups in total. The number of aromatic nitrogens is 2. The van der Waals surface area contributed by atoms with Gasteiger partial charge in [0.15, 0.2) is 0 Å². The molecule has 0 aliphatic rings. The third kappa shape index (κ3) is 3.47. The summed E-state index contributed by atoms with van der Waals surface area (Å²) >= 11 is 5.65. The van der Waals surface area contributed by atoms with E-state index in [4.69, 9.17) is 11.6 Å². The molecule has 0 amide bonds. The Morgan fingerprint density at radius 2 is 2.21 bits per heavy atom. The molecule has 0 bridgehead atoms. The van der Waals surface area contributed by atoms with Gasteiger partial charge in [0.1, 0.15) is 11.0 Å². The van der Waals surface area contributed by atoms with E-state index in [1.807, 2.05) is 13.8 Å². The van der Waals surface area contributed by atoms with Gasteiger partial charge in [-0.15, -0.1) is 0 Å². The van der Waals surface area contributed by atoms with Crippen LogP contribution in [0.4, 0.5) is 5.82 Å². The van der Waals surface area contributed by atoms with E-state index in [2.05, 4.69) is 15.3 Å². The van der Waals surface area contributed by atoms with Crippen LogP contribution < -0.4 is 5.32 Å². The number of hydrogen-bond acceptors (Lipinski definition) is 4. The lowest BCUT2D eigenvalue weighted by Crippen LogP contribution is -2.25. The second-order valence-electron chi connectivity index (χ2n) is 3.42. The van der Waals surface area contributed by atoms with Gasteiger partial charge in [-0.25, -0.2) is 4.98 Å². The zero-order valence-electron chi connectivity index (χ0n) is 8.24. The van der Waals surface area contributed by atoms with Gasteiger partial charge in [0, 0.05) is 6.54 Å². The van der Waals surface area contributed by atoms with Gasteiger partial charge in [-0.2, -0.15) is 0 Å². The van der Waals surface area contributed by atoms with Gasteiger partial charge >= 0.3 is 0 Å². The van der Waals surface area contributed by atoms with Crippen LogP contribution in [0.3, 0.4) is 0 Å². The lowest BCUT2D eigenvalue weighted by molar-refractivity contribution is 0.138. The van der Waals surface area contributed by atoms with Crippen LogP contribution in [0.5, 0.6) is 0 Å². The third-order valence-corrected chi connectivity index (χ3v) is 2.05. The molecule has 0 fully saturated rings. The predicted molar refractivity (Wildman–Crippen MR) is 56.4 cm³/mol. The van der Waals surface area contributed by atoms with Gasteiger partial charge in [-0.05, 0) is 5.92 Å².